The van der Waals surface area contributed by atoms with Crippen molar-refractivity contribution < 1.29 is 4.74 Å². The average Bonchev–Trinajstić information content (AvgIpc) is 3.21. The molecule has 0 saturated carbocycles. The Morgan fingerprint density at radius 3 is 2.04 bits per heavy atom. The topological polar surface area (TPSA) is 38.3 Å². The third-order valence-electron chi connectivity index (χ3n) is 11.2. The Morgan fingerprint density at radius 2 is 1.39 bits per heavy atom. The van der Waals surface area contributed by atoms with Gasteiger partial charge in [0.1, 0.15) is 5.75 Å². The number of aromatic nitrogens is 2. The van der Waals surface area contributed by atoms with Crippen LogP contribution in [0.3, 0.4) is 0 Å². The van der Waals surface area contributed by atoms with Crippen LogP contribution in [0, 0.1) is 6.92 Å². The lowest BCUT2D eigenvalue weighted by atomic mass is 9.34. The van der Waals surface area contributed by atoms with E-state index in [4.69, 9.17) is 14.7 Å². The molecular weight excluding hydrogens is 597 g/mol. The molecule has 8 rings (SSSR count). The van der Waals surface area contributed by atoms with E-state index in [0.29, 0.717) is 5.88 Å². The Bertz CT molecular complexity index is 2170. The zero-order valence-corrected chi connectivity index (χ0v) is 31.0. The number of pyridine rings is 2. The first-order valence-electron chi connectivity index (χ1n) is 17.8. The van der Waals surface area contributed by atoms with E-state index in [1.54, 1.807) is 0 Å². The van der Waals surface area contributed by atoms with Gasteiger partial charge in [0.2, 0.25) is 5.88 Å². The summed E-state index contributed by atoms with van der Waals surface area (Å²) < 4.78 is 7.01. The predicted octanol–water partition coefficient (Wildman–Crippen LogP) is 9.41. The molecule has 0 unspecified atom stereocenters. The van der Waals surface area contributed by atoms with Gasteiger partial charge in [-0.15, -0.1) is 0 Å². The van der Waals surface area contributed by atoms with Crippen LogP contribution in [0.1, 0.15) is 103 Å². The molecule has 3 aliphatic rings. The Balaban J connectivity index is 1.45. The van der Waals surface area contributed by atoms with Gasteiger partial charge in [0.15, 0.2) is 0 Å². The van der Waals surface area contributed by atoms with Crippen LogP contribution >= 0.6 is 0 Å². The maximum Gasteiger partial charge on any atom is 0.258 e. The predicted molar refractivity (Wildman–Crippen MR) is 206 cm³/mol. The highest BCUT2D eigenvalue weighted by atomic mass is 16.5. The first-order valence-corrected chi connectivity index (χ1v) is 17.8. The van der Waals surface area contributed by atoms with E-state index in [1.165, 1.54) is 38.9 Å². The molecule has 0 amide bonds. The van der Waals surface area contributed by atoms with Crippen molar-refractivity contribution in [1.29, 1.82) is 0 Å². The summed E-state index contributed by atoms with van der Waals surface area (Å²) in [4.78, 5) is 12.6. The minimum Gasteiger partial charge on any atom is -0.440 e. The van der Waals surface area contributed by atoms with Crippen LogP contribution < -0.4 is 26.0 Å². The van der Waals surface area contributed by atoms with Gasteiger partial charge in [-0.05, 0) is 110 Å². The molecule has 5 aromatic rings. The first kappa shape index (κ1) is 31.9. The fourth-order valence-corrected chi connectivity index (χ4v) is 8.81. The third kappa shape index (κ3) is 4.95. The summed E-state index contributed by atoms with van der Waals surface area (Å²) in [6, 6.07) is 27.4. The maximum absolute atomic E-state index is 7.01. The SMILES string of the molecule is Cc1cccnc1-c1cc2c3c(n1)Oc1cc4c(cc1B3c1cc(C(C)(C)C)ccc1N2c1ccc(C(C)(C)C)cc1)C(C)(C)CC4(C)C. The lowest BCUT2D eigenvalue weighted by Crippen LogP contribution is -2.60. The molecule has 5 heteroatoms. The van der Waals surface area contributed by atoms with Crippen LogP contribution in [0.5, 0.6) is 11.6 Å². The van der Waals surface area contributed by atoms with E-state index in [2.05, 4.69) is 148 Å². The number of anilines is 3. The minimum absolute atomic E-state index is 0.00607. The minimum atomic E-state index is -0.0210. The Hall–Kier alpha value is -4.38. The Labute approximate surface area is 293 Å². The molecule has 0 radical (unpaired) electrons. The average molecular weight is 646 g/mol. The lowest BCUT2D eigenvalue weighted by molar-refractivity contribution is 0.402. The smallest absolute Gasteiger partial charge is 0.258 e. The van der Waals surface area contributed by atoms with Crippen LogP contribution in [0.15, 0.2) is 79.0 Å². The van der Waals surface area contributed by atoms with Gasteiger partial charge in [-0.2, -0.15) is 0 Å². The Morgan fingerprint density at radius 1 is 0.735 bits per heavy atom. The van der Waals surface area contributed by atoms with Crippen molar-refractivity contribution in [3.8, 4) is 23.0 Å². The summed E-state index contributed by atoms with van der Waals surface area (Å²) >= 11 is 0. The van der Waals surface area contributed by atoms with Gasteiger partial charge in [-0.1, -0.05) is 106 Å². The quantitative estimate of drug-likeness (QED) is 0.176. The highest BCUT2D eigenvalue weighted by Gasteiger charge is 2.48. The molecule has 4 heterocycles. The van der Waals surface area contributed by atoms with Crippen molar-refractivity contribution >= 4 is 40.2 Å². The highest BCUT2D eigenvalue weighted by Crippen LogP contribution is 2.51. The number of hydrogen-bond acceptors (Lipinski definition) is 4. The largest absolute Gasteiger partial charge is 0.440 e. The van der Waals surface area contributed by atoms with Crippen molar-refractivity contribution in [3.05, 3.63) is 107 Å². The number of nitrogens with zero attached hydrogens (tertiary/aromatic N) is 3. The second kappa shape index (κ2) is 10.3. The third-order valence-corrected chi connectivity index (χ3v) is 11.2. The van der Waals surface area contributed by atoms with Crippen molar-refractivity contribution in [1.82, 2.24) is 9.97 Å². The first-order chi connectivity index (χ1) is 22.9. The number of fused-ring (bicyclic) bond motifs is 5. The lowest BCUT2D eigenvalue weighted by Gasteiger charge is -2.41. The molecule has 3 aromatic carbocycles. The molecule has 0 saturated heterocycles. The number of ether oxygens (including phenoxy) is 1. The fraction of sp³-hybridized carbons (Fsp3) is 0.364. The number of benzene rings is 3. The number of hydrogen-bond donors (Lipinski definition) is 0. The molecule has 49 heavy (non-hydrogen) atoms. The molecule has 2 aliphatic heterocycles. The summed E-state index contributed by atoms with van der Waals surface area (Å²) in [5.41, 5.74) is 15.5. The number of aryl methyl sites for hydroxylation is 1. The molecule has 0 fully saturated rings. The van der Waals surface area contributed by atoms with E-state index in [9.17, 15) is 0 Å². The molecule has 0 spiro atoms. The van der Waals surface area contributed by atoms with Gasteiger partial charge in [-0.3, -0.25) is 4.98 Å². The van der Waals surface area contributed by atoms with E-state index in [-0.39, 0.29) is 28.4 Å². The van der Waals surface area contributed by atoms with Gasteiger partial charge in [-0.25, -0.2) is 4.98 Å². The second-order valence-corrected chi connectivity index (χ2v) is 18.0. The monoisotopic (exact) mass is 645 g/mol. The van der Waals surface area contributed by atoms with Gasteiger partial charge in [0, 0.05) is 28.7 Å². The van der Waals surface area contributed by atoms with E-state index < -0.39 is 0 Å². The van der Waals surface area contributed by atoms with E-state index in [0.717, 1.165) is 46.0 Å². The van der Waals surface area contributed by atoms with Crippen LogP contribution in [-0.4, -0.2) is 16.7 Å². The summed E-state index contributed by atoms with van der Waals surface area (Å²) in [6.45, 7) is 25.3. The normalized spacial score (nSPS) is 16.8. The molecule has 0 bridgehead atoms. The van der Waals surface area contributed by atoms with Crippen molar-refractivity contribution in [3.63, 3.8) is 0 Å². The van der Waals surface area contributed by atoms with E-state index >= 15 is 0 Å². The standard InChI is InChI=1S/C44H48BN3O/c1-26-13-12-20-46-39(26)34-24-36-38-40(47-34)49-37-23-31-30(43(8,9)25-44(31,10)11)22-33(37)45(38)32-21-28(42(5,6)7)16-19-35(32)48(36)29-17-14-27(15-18-29)41(2,3)4/h12-24H,25H2,1-11H3. The van der Waals surface area contributed by atoms with E-state index in [1.807, 2.05) is 12.3 Å². The van der Waals surface area contributed by atoms with Gasteiger partial charge >= 0.3 is 0 Å². The molecule has 0 N–H and O–H groups in total. The zero-order valence-electron chi connectivity index (χ0n) is 31.0. The van der Waals surface area contributed by atoms with Gasteiger partial charge in [0.25, 0.3) is 6.71 Å². The molecule has 2 aromatic heterocycles. The zero-order chi connectivity index (χ0) is 34.8. The van der Waals surface area contributed by atoms with Crippen LogP contribution in [0.2, 0.25) is 0 Å². The van der Waals surface area contributed by atoms with Crippen LogP contribution in [0.25, 0.3) is 11.4 Å². The number of rotatable bonds is 2. The summed E-state index contributed by atoms with van der Waals surface area (Å²) in [6.07, 6.45) is 2.96. The van der Waals surface area contributed by atoms with Crippen LogP contribution in [-0.2, 0) is 21.7 Å². The summed E-state index contributed by atoms with van der Waals surface area (Å²) in [7, 11) is 0. The van der Waals surface area contributed by atoms with Gasteiger partial charge in [0.05, 0.1) is 11.4 Å². The molecular formula is C44H48BN3O. The molecule has 4 nitrogen and oxygen atoms in total. The summed E-state index contributed by atoms with van der Waals surface area (Å²) in [5.74, 6) is 1.60. The maximum atomic E-state index is 7.01. The highest BCUT2D eigenvalue weighted by molar-refractivity contribution is 6.99. The molecule has 0 atom stereocenters. The van der Waals surface area contributed by atoms with Crippen molar-refractivity contribution in [2.24, 2.45) is 0 Å². The van der Waals surface area contributed by atoms with Crippen molar-refractivity contribution in [2.75, 3.05) is 4.90 Å². The van der Waals surface area contributed by atoms with Crippen LogP contribution in [0.4, 0.5) is 17.1 Å². The summed E-state index contributed by atoms with van der Waals surface area (Å²) in [5, 5.41) is 0. The molecule has 1 aliphatic carbocycles. The van der Waals surface area contributed by atoms with Crippen molar-refractivity contribution in [2.45, 2.75) is 104 Å². The van der Waals surface area contributed by atoms with Gasteiger partial charge < -0.3 is 9.64 Å². The second-order valence-electron chi connectivity index (χ2n) is 18.0. The molecule has 248 valence electrons. The Kier molecular flexibility index (Phi) is 6.71. The fourth-order valence-electron chi connectivity index (χ4n) is 8.81.